The molecule has 0 saturated heterocycles. The maximum absolute atomic E-state index is 10.6. The molecule has 0 unspecified atom stereocenters. The first kappa shape index (κ1) is 9.74. The van der Waals surface area contributed by atoms with E-state index in [9.17, 15) is 4.79 Å². The van der Waals surface area contributed by atoms with Gasteiger partial charge in [0, 0.05) is 6.04 Å². The van der Waals surface area contributed by atoms with Crippen molar-refractivity contribution in [3.8, 4) is 0 Å². The van der Waals surface area contributed by atoms with Gasteiger partial charge in [0.2, 0.25) is 0 Å². The summed E-state index contributed by atoms with van der Waals surface area (Å²) in [5.41, 5.74) is 7.92. The molecule has 3 N–H and O–H groups in total. The number of hydrogen-bond acceptors (Lipinski definition) is 2. The van der Waals surface area contributed by atoms with E-state index in [0.29, 0.717) is 5.56 Å². The van der Waals surface area contributed by atoms with Crippen molar-refractivity contribution in [3.05, 3.63) is 34.9 Å². The molecule has 0 aliphatic heterocycles. The van der Waals surface area contributed by atoms with Crippen molar-refractivity contribution >= 4 is 5.97 Å². The van der Waals surface area contributed by atoms with E-state index in [0.717, 1.165) is 11.1 Å². The molecule has 0 radical (unpaired) electrons. The number of carboxylic acid groups (broad SMARTS) is 1. The molecule has 0 aliphatic rings. The molecule has 13 heavy (non-hydrogen) atoms. The van der Waals surface area contributed by atoms with Crippen LogP contribution in [0.1, 0.15) is 34.5 Å². The van der Waals surface area contributed by atoms with Gasteiger partial charge in [0.25, 0.3) is 0 Å². The smallest absolute Gasteiger partial charge is 0.335 e. The van der Waals surface area contributed by atoms with Gasteiger partial charge in [-0.3, -0.25) is 0 Å². The second kappa shape index (κ2) is 3.58. The van der Waals surface area contributed by atoms with Gasteiger partial charge >= 0.3 is 5.97 Å². The van der Waals surface area contributed by atoms with Gasteiger partial charge in [-0.2, -0.15) is 0 Å². The number of aryl methyl sites for hydroxylation is 1. The molecular formula is C10H13NO2. The van der Waals surface area contributed by atoms with Crippen LogP contribution in [0.4, 0.5) is 0 Å². The fourth-order valence-electron chi connectivity index (χ4n) is 1.32. The molecule has 1 atom stereocenters. The summed E-state index contributed by atoms with van der Waals surface area (Å²) in [6, 6.07) is 4.93. The first-order chi connectivity index (χ1) is 6.02. The number of carboxylic acids is 1. The number of nitrogens with two attached hydrogens (primary N) is 1. The van der Waals surface area contributed by atoms with Crippen LogP contribution in [0.5, 0.6) is 0 Å². The molecule has 0 heterocycles. The van der Waals surface area contributed by atoms with E-state index in [-0.39, 0.29) is 6.04 Å². The van der Waals surface area contributed by atoms with E-state index >= 15 is 0 Å². The third-order valence-corrected chi connectivity index (χ3v) is 2.01. The molecule has 1 aromatic rings. The standard InChI is InChI=1S/C10H13NO2/c1-6-5-8(10(12)13)3-4-9(6)7(2)11/h3-5,7H,11H2,1-2H3,(H,12,13)/t7-/m1/s1. The second-order valence-corrected chi connectivity index (χ2v) is 3.17. The highest BCUT2D eigenvalue weighted by atomic mass is 16.4. The molecule has 0 spiro atoms. The topological polar surface area (TPSA) is 63.3 Å². The fourth-order valence-corrected chi connectivity index (χ4v) is 1.32. The average molecular weight is 179 g/mol. The van der Waals surface area contributed by atoms with E-state index in [1.807, 2.05) is 13.8 Å². The van der Waals surface area contributed by atoms with Crippen LogP contribution in [0, 0.1) is 6.92 Å². The monoisotopic (exact) mass is 179 g/mol. The number of aromatic carboxylic acids is 1. The van der Waals surface area contributed by atoms with Crippen molar-refractivity contribution in [2.75, 3.05) is 0 Å². The molecule has 1 rings (SSSR count). The highest BCUT2D eigenvalue weighted by Gasteiger charge is 2.07. The quantitative estimate of drug-likeness (QED) is 0.726. The van der Waals surface area contributed by atoms with Crippen LogP contribution in [0.15, 0.2) is 18.2 Å². The van der Waals surface area contributed by atoms with E-state index in [4.69, 9.17) is 10.8 Å². The Kier molecular flexibility index (Phi) is 2.68. The van der Waals surface area contributed by atoms with E-state index < -0.39 is 5.97 Å². The summed E-state index contributed by atoms with van der Waals surface area (Å²) in [6.45, 7) is 3.74. The molecule has 0 aromatic heterocycles. The maximum atomic E-state index is 10.6. The minimum atomic E-state index is -0.903. The lowest BCUT2D eigenvalue weighted by Gasteiger charge is -2.09. The van der Waals surface area contributed by atoms with E-state index in [2.05, 4.69) is 0 Å². The minimum absolute atomic E-state index is 0.0529. The summed E-state index contributed by atoms with van der Waals surface area (Å²) in [4.78, 5) is 10.6. The summed E-state index contributed by atoms with van der Waals surface area (Å²) in [5, 5.41) is 8.71. The maximum Gasteiger partial charge on any atom is 0.335 e. The fraction of sp³-hybridized carbons (Fsp3) is 0.300. The number of hydrogen-bond donors (Lipinski definition) is 2. The van der Waals surface area contributed by atoms with Gasteiger partial charge in [-0.05, 0) is 37.1 Å². The Bertz CT molecular complexity index is 332. The minimum Gasteiger partial charge on any atom is -0.478 e. The Morgan fingerprint density at radius 3 is 2.54 bits per heavy atom. The van der Waals surface area contributed by atoms with Crippen molar-refractivity contribution in [2.24, 2.45) is 5.73 Å². The van der Waals surface area contributed by atoms with Gasteiger partial charge in [-0.15, -0.1) is 0 Å². The van der Waals surface area contributed by atoms with Crippen molar-refractivity contribution in [2.45, 2.75) is 19.9 Å². The number of carbonyl (C=O) groups is 1. The number of rotatable bonds is 2. The molecule has 0 saturated carbocycles. The third kappa shape index (κ3) is 2.06. The molecular weight excluding hydrogens is 166 g/mol. The van der Waals surface area contributed by atoms with Crippen LogP contribution >= 0.6 is 0 Å². The van der Waals surface area contributed by atoms with Gasteiger partial charge in [0.15, 0.2) is 0 Å². The van der Waals surface area contributed by atoms with E-state index in [1.54, 1.807) is 18.2 Å². The lowest BCUT2D eigenvalue weighted by molar-refractivity contribution is 0.0696. The van der Waals surface area contributed by atoms with Crippen molar-refractivity contribution < 1.29 is 9.90 Å². The summed E-state index contributed by atoms with van der Waals surface area (Å²) in [5.74, 6) is -0.903. The lowest BCUT2D eigenvalue weighted by Crippen LogP contribution is -2.08. The van der Waals surface area contributed by atoms with Crippen molar-refractivity contribution in [3.63, 3.8) is 0 Å². The Labute approximate surface area is 77.2 Å². The van der Waals surface area contributed by atoms with Crippen LogP contribution in [0.2, 0.25) is 0 Å². The predicted molar refractivity (Wildman–Crippen MR) is 50.7 cm³/mol. The summed E-state index contributed by atoms with van der Waals surface area (Å²) < 4.78 is 0. The Morgan fingerprint density at radius 2 is 2.15 bits per heavy atom. The zero-order valence-electron chi connectivity index (χ0n) is 7.74. The molecule has 0 aliphatic carbocycles. The highest BCUT2D eigenvalue weighted by molar-refractivity contribution is 5.87. The van der Waals surface area contributed by atoms with Crippen LogP contribution in [0.25, 0.3) is 0 Å². The molecule has 3 heteroatoms. The zero-order valence-corrected chi connectivity index (χ0v) is 7.74. The van der Waals surface area contributed by atoms with Crippen molar-refractivity contribution in [1.29, 1.82) is 0 Å². The molecule has 0 bridgehead atoms. The Morgan fingerprint density at radius 1 is 1.54 bits per heavy atom. The van der Waals surface area contributed by atoms with Gasteiger partial charge in [-0.1, -0.05) is 6.07 Å². The van der Waals surface area contributed by atoms with Crippen molar-refractivity contribution in [1.82, 2.24) is 0 Å². The zero-order chi connectivity index (χ0) is 10.0. The predicted octanol–water partition coefficient (Wildman–Crippen LogP) is 1.71. The SMILES string of the molecule is Cc1cc(C(=O)O)ccc1[C@@H](C)N. The molecule has 70 valence electrons. The van der Waals surface area contributed by atoms with Crippen LogP contribution in [0.3, 0.4) is 0 Å². The van der Waals surface area contributed by atoms with Crippen LogP contribution < -0.4 is 5.73 Å². The second-order valence-electron chi connectivity index (χ2n) is 3.17. The van der Waals surface area contributed by atoms with E-state index in [1.165, 1.54) is 0 Å². The first-order valence-electron chi connectivity index (χ1n) is 4.12. The van der Waals surface area contributed by atoms with Crippen LogP contribution in [-0.2, 0) is 0 Å². The summed E-state index contributed by atoms with van der Waals surface area (Å²) >= 11 is 0. The Balaban J connectivity index is 3.13. The summed E-state index contributed by atoms with van der Waals surface area (Å²) in [7, 11) is 0. The number of benzene rings is 1. The molecule has 0 fully saturated rings. The van der Waals surface area contributed by atoms with Gasteiger partial charge in [0.1, 0.15) is 0 Å². The molecule has 1 aromatic carbocycles. The average Bonchev–Trinajstić information content (AvgIpc) is 2.03. The normalized spacial score (nSPS) is 12.5. The largest absolute Gasteiger partial charge is 0.478 e. The molecule has 3 nitrogen and oxygen atoms in total. The lowest BCUT2D eigenvalue weighted by atomic mass is 10.0. The summed E-state index contributed by atoms with van der Waals surface area (Å²) in [6.07, 6.45) is 0. The first-order valence-corrected chi connectivity index (χ1v) is 4.12. The van der Waals surface area contributed by atoms with Crippen LogP contribution in [-0.4, -0.2) is 11.1 Å². The van der Waals surface area contributed by atoms with Gasteiger partial charge < -0.3 is 10.8 Å². The molecule has 0 amide bonds. The van der Waals surface area contributed by atoms with Gasteiger partial charge in [0.05, 0.1) is 5.56 Å². The van der Waals surface area contributed by atoms with Gasteiger partial charge in [-0.25, -0.2) is 4.79 Å². The Hall–Kier alpha value is -1.35. The third-order valence-electron chi connectivity index (χ3n) is 2.01. The highest BCUT2D eigenvalue weighted by Crippen LogP contribution is 2.16.